The zero-order chi connectivity index (χ0) is 19.1. The molecule has 0 saturated carbocycles. The summed E-state index contributed by atoms with van der Waals surface area (Å²) in [4.78, 5) is 28.5. The molecule has 0 radical (unpaired) electrons. The van der Waals surface area contributed by atoms with Gasteiger partial charge in [0, 0.05) is 11.3 Å². The fraction of sp³-hybridized carbons (Fsp3) is 0.167. The van der Waals surface area contributed by atoms with Crippen molar-refractivity contribution in [3.8, 4) is 0 Å². The summed E-state index contributed by atoms with van der Waals surface area (Å²) in [7, 11) is 1.29. The van der Waals surface area contributed by atoms with Crippen LogP contribution in [0.3, 0.4) is 0 Å². The van der Waals surface area contributed by atoms with E-state index in [1.807, 2.05) is 0 Å². The Kier molecular flexibility index (Phi) is 7.00. The highest BCUT2D eigenvalue weighted by Gasteiger charge is 2.10. The van der Waals surface area contributed by atoms with Crippen molar-refractivity contribution in [3.05, 3.63) is 63.1 Å². The Bertz CT molecular complexity index is 853. The summed E-state index contributed by atoms with van der Waals surface area (Å²) >= 11 is 11.9. The summed E-state index contributed by atoms with van der Waals surface area (Å²) in [6.07, 6.45) is 1.37. The van der Waals surface area contributed by atoms with Gasteiger partial charge in [-0.05, 0) is 30.7 Å². The van der Waals surface area contributed by atoms with Crippen LogP contribution in [-0.2, 0) is 14.4 Å². The molecule has 0 atom stereocenters. The number of hydrogen-bond acceptors (Lipinski definition) is 5. The lowest BCUT2D eigenvalue weighted by Crippen LogP contribution is -2.18. The fourth-order valence-electron chi connectivity index (χ4n) is 2.00. The Morgan fingerprint density at radius 1 is 1.23 bits per heavy atom. The van der Waals surface area contributed by atoms with Crippen LogP contribution in [0.4, 0.5) is 5.69 Å². The Balaban J connectivity index is 1.94. The standard InChI is InChI=1S/C18H16Cl2N2O4/c1-11-6-7-12(18(24)25-2)8-15(11)22-16(23)10-26-21-9-13-4-3-5-14(19)17(13)20/h3-9H,10H2,1-2H3,(H,22,23)/b21-9-. The van der Waals surface area contributed by atoms with E-state index in [0.29, 0.717) is 26.9 Å². The maximum atomic E-state index is 12.0. The highest BCUT2D eigenvalue weighted by atomic mass is 35.5. The van der Waals surface area contributed by atoms with Crippen molar-refractivity contribution in [3.63, 3.8) is 0 Å². The summed E-state index contributed by atoms with van der Waals surface area (Å²) in [5, 5.41) is 7.11. The molecule has 0 heterocycles. The predicted molar refractivity (Wildman–Crippen MR) is 101 cm³/mol. The second kappa shape index (κ2) is 9.22. The van der Waals surface area contributed by atoms with Crippen molar-refractivity contribution in [2.45, 2.75) is 6.92 Å². The average molecular weight is 395 g/mol. The number of amides is 1. The number of benzene rings is 2. The number of hydrogen-bond donors (Lipinski definition) is 1. The minimum absolute atomic E-state index is 0.309. The Labute approximate surface area is 160 Å². The van der Waals surface area contributed by atoms with E-state index in [4.69, 9.17) is 28.0 Å². The maximum absolute atomic E-state index is 12.0. The summed E-state index contributed by atoms with van der Waals surface area (Å²) < 4.78 is 4.66. The van der Waals surface area contributed by atoms with E-state index in [-0.39, 0.29) is 6.61 Å². The third kappa shape index (κ3) is 5.21. The molecule has 0 fully saturated rings. The van der Waals surface area contributed by atoms with E-state index in [1.54, 1.807) is 37.3 Å². The second-order valence-corrected chi connectivity index (χ2v) is 6.01. The SMILES string of the molecule is COC(=O)c1ccc(C)c(NC(=O)CO/N=C\c2cccc(Cl)c2Cl)c1. The van der Waals surface area contributed by atoms with E-state index < -0.39 is 11.9 Å². The minimum Gasteiger partial charge on any atom is -0.465 e. The van der Waals surface area contributed by atoms with E-state index >= 15 is 0 Å². The zero-order valence-corrected chi connectivity index (χ0v) is 15.6. The van der Waals surface area contributed by atoms with Crippen LogP contribution in [0.5, 0.6) is 0 Å². The molecule has 0 saturated heterocycles. The lowest BCUT2D eigenvalue weighted by Gasteiger charge is -2.09. The highest BCUT2D eigenvalue weighted by molar-refractivity contribution is 6.43. The summed E-state index contributed by atoms with van der Waals surface area (Å²) in [6.45, 7) is 1.49. The van der Waals surface area contributed by atoms with Gasteiger partial charge in [0.25, 0.3) is 5.91 Å². The van der Waals surface area contributed by atoms with Gasteiger partial charge in [0.05, 0.1) is 28.9 Å². The minimum atomic E-state index is -0.486. The first-order valence-electron chi connectivity index (χ1n) is 7.50. The fourth-order valence-corrected chi connectivity index (χ4v) is 2.35. The quantitative estimate of drug-likeness (QED) is 0.454. The number of esters is 1. The number of anilines is 1. The van der Waals surface area contributed by atoms with E-state index in [1.165, 1.54) is 19.4 Å². The summed E-state index contributed by atoms with van der Waals surface area (Å²) in [5.74, 6) is -0.913. The molecule has 6 nitrogen and oxygen atoms in total. The van der Waals surface area contributed by atoms with Gasteiger partial charge in [-0.2, -0.15) is 0 Å². The zero-order valence-electron chi connectivity index (χ0n) is 14.1. The van der Waals surface area contributed by atoms with Gasteiger partial charge in [0.15, 0.2) is 6.61 Å². The highest BCUT2D eigenvalue weighted by Crippen LogP contribution is 2.24. The van der Waals surface area contributed by atoms with E-state index in [9.17, 15) is 9.59 Å². The molecule has 0 unspecified atom stereocenters. The molecule has 0 aliphatic rings. The van der Waals surface area contributed by atoms with Crippen molar-refractivity contribution in [2.24, 2.45) is 5.16 Å². The molecule has 0 aromatic heterocycles. The van der Waals surface area contributed by atoms with Crippen molar-refractivity contribution in [2.75, 3.05) is 19.0 Å². The molecule has 1 N–H and O–H groups in total. The van der Waals surface area contributed by atoms with Crippen LogP contribution in [0.1, 0.15) is 21.5 Å². The van der Waals surface area contributed by atoms with Crippen LogP contribution in [0, 0.1) is 6.92 Å². The van der Waals surface area contributed by atoms with Gasteiger partial charge < -0.3 is 14.9 Å². The van der Waals surface area contributed by atoms with Gasteiger partial charge in [0.1, 0.15) is 0 Å². The van der Waals surface area contributed by atoms with Crippen molar-refractivity contribution < 1.29 is 19.2 Å². The molecule has 0 bridgehead atoms. The van der Waals surface area contributed by atoms with Crippen LogP contribution in [0.25, 0.3) is 0 Å². The molecular weight excluding hydrogens is 379 g/mol. The van der Waals surface area contributed by atoms with Gasteiger partial charge in [-0.3, -0.25) is 4.79 Å². The Hall–Kier alpha value is -2.57. The van der Waals surface area contributed by atoms with E-state index in [0.717, 1.165) is 5.56 Å². The van der Waals surface area contributed by atoms with Crippen LogP contribution in [-0.4, -0.2) is 31.8 Å². The maximum Gasteiger partial charge on any atom is 0.337 e. The number of rotatable bonds is 6. The van der Waals surface area contributed by atoms with Crippen LogP contribution >= 0.6 is 23.2 Å². The molecule has 0 aliphatic heterocycles. The molecule has 1 amide bonds. The third-order valence-electron chi connectivity index (χ3n) is 3.38. The van der Waals surface area contributed by atoms with Gasteiger partial charge in [0.2, 0.25) is 0 Å². The molecule has 2 aromatic rings. The molecule has 2 rings (SSSR count). The topological polar surface area (TPSA) is 77.0 Å². The number of halogens is 2. The monoisotopic (exact) mass is 394 g/mol. The first-order valence-corrected chi connectivity index (χ1v) is 8.26. The molecule has 26 heavy (non-hydrogen) atoms. The van der Waals surface area contributed by atoms with Gasteiger partial charge in [-0.1, -0.05) is 46.6 Å². The van der Waals surface area contributed by atoms with Gasteiger partial charge >= 0.3 is 5.97 Å². The van der Waals surface area contributed by atoms with Crippen molar-refractivity contribution >= 4 is 47.0 Å². The van der Waals surface area contributed by atoms with Crippen molar-refractivity contribution in [1.29, 1.82) is 0 Å². The van der Waals surface area contributed by atoms with Crippen LogP contribution in [0.2, 0.25) is 10.0 Å². The number of nitrogens with one attached hydrogen (secondary N) is 1. The lowest BCUT2D eigenvalue weighted by atomic mass is 10.1. The number of carbonyl (C=O) groups is 2. The summed E-state index contributed by atoms with van der Waals surface area (Å²) in [6, 6.07) is 9.95. The Morgan fingerprint density at radius 2 is 2.00 bits per heavy atom. The number of ether oxygens (including phenoxy) is 1. The molecule has 136 valence electrons. The second-order valence-electron chi connectivity index (χ2n) is 5.22. The van der Waals surface area contributed by atoms with E-state index in [2.05, 4.69) is 15.2 Å². The molecule has 2 aromatic carbocycles. The molecule has 0 spiro atoms. The number of nitrogens with zero attached hydrogens (tertiary/aromatic N) is 1. The smallest absolute Gasteiger partial charge is 0.337 e. The largest absolute Gasteiger partial charge is 0.465 e. The third-order valence-corrected chi connectivity index (χ3v) is 4.21. The number of aryl methyl sites for hydroxylation is 1. The van der Waals surface area contributed by atoms with Crippen molar-refractivity contribution in [1.82, 2.24) is 0 Å². The average Bonchev–Trinajstić information content (AvgIpc) is 2.63. The lowest BCUT2D eigenvalue weighted by molar-refractivity contribution is -0.120. The van der Waals surface area contributed by atoms with Gasteiger partial charge in [-0.15, -0.1) is 0 Å². The van der Waals surface area contributed by atoms with Crippen LogP contribution < -0.4 is 5.32 Å². The number of oxime groups is 1. The van der Waals surface area contributed by atoms with Gasteiger partial charge in [-0.25, -0.2) is 4.79 Å². The first-order chi connectivity index (χ1) is 12.4. The predicted octanol–water partition coefficient (Wildman–Crippen LogP) is 4.08. The number of carbonyl (C=O) groups excluding carboxylic acids is 2. The normalized spacial score (nSPS) is 10.6. The molecular formula is C18H16Cl2N2O4. The summed E-state index contributed by atoms with van der Waals surface area (Å²) in [5.41, 5.74) is 2.19. The molecule has 8 heteroatoms. The number of methoxy groups -OCH3 is 1. The van der Waals surface area contributed by atoms with Crippen LogP contribution in [0.15, 0.2) is 41.6 Å². The first kappa shape index (κ1) is 19.8. The molecule has 0 aliphatic carbocycles. The Morgan fingerprint density at radius 3 is 2.73 bits per heavy atom.